The highest BCUT2D eigenvalue weighted by Gasteiger charge is 2.21. The molecule has 0 radical (unpaired) electrons. The second-order valence-corrected chi connectivity index (χ2v) is 6.63. The van der Waals surface area contributed by atoms with E-state index < -0.39 is 0 Å². The number of nitrogens with one attached hydrogen (secondary N) is 2. The van der Waals surface area contributed by atoms with Gasteiger partial charge >= 0.3 is 0 Å². The third-order valence-electron chi connectivity index (χ3n) is 4.88. The van der Waals surface area contributed by atoms with Gasteiger partial charge in [0.15, 0.2) is 5.65 Å². The van der Waals surface area contributed by atoms with Crippen LogP contribution in [0.3, 0.4) is 0 Å². The molecule has 3 heterocycles. The lowest BCUT2D eigenvalue weighted by Crippen LogP contribution is -2.38. The second kappa shape index (κ2) is 6.76. The highest BCUT2D eigenvalue weighted by molar-refractivity contribution is 5.99. The van der Waals surface area contributed by atoms with Gasteiger partial charge in [0.25, 0.3) is 5.91 Å². The molecule has 4 rings (SSSR count). The van der Waals surface area contributed by atoms with Crippen molar-refractivity contribution in [3.05, 3.63) is 24.0 Å². The molecule has 24 heavy (non-hydrogen) atoms. The van der Waals surface area contributed by atoms with Gasteiger partial charge in [-0.25, -0.2) is 9.50 Å². The maximum absolute atomic E-state index is 12.6. The van der Waals surface area contributed by atoms with Crippen LogP contribution in [0.1, 0.15) is 48.9 Å². The summed E-state index contributed by atoms with van der Waals surface area (Å²) < 4.78 is 6.98. The fourth-order valence-electron chi connectivity index (χ4n) is 3.49. The first-order valence-corrected chi connectivity index (χ1v) is 8.79. The van der Waals surface area contributed by atoms with Gasteiger partial charge < -0.3 is 15.4 Å². The molecule has 2 aromatic rings. The van der Waals surface area contributed by atoms with E-state index >= 15 is 0 Å². The van der Waals surface area contributed by atoms with Crippen molar-refractivity contribution in [3.8, 4) is 0 Å². The molecular formula is C17H23N5O2. The minimum atomic E-state index is -0.109. The van der Waals surface area contributed by atoms with E-state index in [-0.39, 0.29) is 11.9 Å². The van der Waals surface area contributed by atoms with Crippen LogP contribution in [0.4, 0.5) is 5.82 Å². The summed E-state index contributed by atoms with van der Waals surface area (Å²) in [4.78, 5) is 17.2. The Balaban J connectivity index is 1.52. The number of aromatic nitrogens is 3. The molecule has 2 aliphatic rings. The Bertz CT molecular complexity index is 717. The van der Waals surface area contributed by atoms with Crippen molar-refractivity contribution < 1.29 is 9.53 Å². The minimum absolute atomic E-state index is 0.109. The Morgan fingerprint density at radius 1 is 1.17 bits per heavy atom. The highest BCUT2D eigenvalue weighted by atomic mass is 16.5. The molecule has 1 amide bonds. The van der Waals surface area contributed by atoms with E-state index in [1.807, 2.05) is 12.3 Å². The van der Waals surface area contributed by atoms with Gasteiger partial charge in [-0.2, -0.15) is 5.10 Å². The lowest BCUT2D eigenvalue weighted by Gasteiger charge is -2.22. The van der Waals surface area contributed by atoms with Crippen molar-refractivity contribution >= 4 is 17.4 Å². The average molecular weight is 329 g/mol. The lowest BCUT2D eigenvalue weighted by molar-refractivity contribution is 0.0697. The van der Waals surface area contributed by atoms with Gasteiger partial charge in [-0.15, -0.1) is 0 Å². The molecule has 0 aromatic carbocycles. The van der Waals surface area contributed by atoms with E-state index in [1.165, 1.54) is 25.7 Å². The van der Waals surface area contributed by atoms with Crippen molar-refractivity contribution in [1.29, 1.82) is 0 Å². The molecule has 0 atom stereocenters. The number of carbonyl (C=O) groups is 1. The largest absolute Gasteiger partial charge is 0.381 e. The van der Waals surface area contributed by atoms with E-state index in [2.05, 4.69) is 20.7 Å². The molecule has 1 aliphatic carbocycles. The Morgan fingerprint density at radius 3 is 2.75 bits per heavy atom. The lowest BCUT2D eigenvalue weighted by atomic mass is 10.1. The van der Waals surface area contributed by atoms with Crippen molar-refractivity contribution in [2.45, 2.75) is 50.6 Å². The molecule has 2 aromatic heterocycles. The predicted octanol–water partition coefficient (Wildman–Crippen LogP) is 1.99. The van der Waals surface area contributed by atoms with Gasteiger partial charge in [0, 0.05) is 31.5 Å². The van der Waals surface area contributed by atoms with Gasteiger partial charge in [0.2, 0.25) is 0 Å². The van der Waals surface area contributed by atoms with E-state index in [1.54, 1.807) is 10.7 Å². The Labute approximate surface area is 140 Å². The molecule has 128 valence electrons. The highest BCUT2D eigenvalue weighted by Crippen LogP contribution is 2.22. The first kappa shape index (κ1) is 15.4. The Morgan fingerprint density at radius 2 is 1.96 bits per heavy atom. The topological polar surface area (TPSA) is 80.5 Å². The number of fused-ring (bicyclic) bond motifs is 1. The number of carbonyl (C=O) groups excluding carboxylic acids is 1. The van der Waals surface area contributed by atoms with Crippen LogP contribution in [-0.2, 0) is 4.74 Å². The zero-order valence-corrected chi connectivity index (χ0v) is 13.7. The van der Waals surface area contributed by atoms with Crippen molar-refractivity contribution in [2.24, 2.45) is 0 Å². The fraction of sp³-hybridized carbons (Fsp3) is 0.588. The van der Waals surface area contributed by atoms with Crippen LogP contribution in [0, 0.1) is 0 Å². The molecule has 7 nitrogen and oxygen atoms in total. The van der Waals surface area contributed by atoms with Gasteiger partial charge in [-0.1, -0.05) is 12.8 Å². The quantitative estimate of drug-likeness (QED) is 0.897. The second-order valence-electron chi connectivity index (χ2n) is 6.63. The van der Waals surface area contributed by atoms with Gasteiger partial charge in [0.1, 0.15) is 11.4 Å². The molecule has 2 fully saturated rings. The smallest absolute Gasteiger partial charge is 0.256 e. The number of nitrogens with zero attached hydrogens (tertiary/aromatic N) is 3. The van der Waals surface area contributed by atoms with Crippen LogP contribution in [0.25, 0.3) is 5.65 Å². The van der Waals surface area contributed by atoms with E-state index in [4.69, 9.17) is 4.74 Å². The SMILES string of the molecule is O=C(NC1CCOCC1)c1cnn2ccc(NC3CCCC3)nc12. The number of rotatable bonds is 4. The van der Waals surface area contributed by atoms with Crippen LogP contribution in [0.2, 0.25) is 0 Å². The minimum Gasteiger partial charge on any atom is -0.381 e. The summed E-state index contributed by atoms with van der Waals surface area (Å²) in [6.07, 6.45) is 10.1. The van der Waals surface area contributed by atoms with Crippen LogP contribution in [-0.4, -0.2) is 45.8 Å². The number of hydrogen-bond acceptors (Lipinski definition) is 5. The predicted molar refractivity (Wildman–Crippen MR) is 90.2 cm³/mol. The summed E-state index contributed by atoms with van der Waals surface area (Å²) in [5.74, 6) is 0.706. The molecule has 1 aliphatic heterocycles. The maximum Gasteiger partial charge on any atom is 0.256 e. The molecule has 0 unspecified atom stereocenters. The van der Waals surface area contributed by atoms with E-state index in [0.717, 1.165) is 18.7 Å². The van der Waals surface area contributed by atoms with Crippen LogP contribution >= 0.6 is 0 Å². The van der Waals surface area contributed by atoms with Crippen molar-refractivity contribution in [3.63, 3.8) is 0 Å². The summed E-state index contributed by atoms with van der Waals surface area (Å²) in [6.45, 7) is 1.40. The van der Waals surface area contributed by atoms with E-state index in [0.29, 0.717) is 30.5 Å². The molecule has 2 N–H and O–H groups in total. The number of anilines is 1. The zero-order valence-electron chi connectivity index (χ0n) is 13.7. The number of hydrogen-bond donors (Lipinski definition) is 2. The normalized spacial score (nSPS) is 19.7. The summed E-state index contributed by atoms with van der Waals surface area (Å²) in [6, 6.07) is 2.57. The van der Waals surface area contributed by atoms with Crippen molar-refractivity contribution in [2.75, 3.05) is 18.5 Å². The van der Waals surface area contributed by atoms with Crippen LogP contribution in [0.5, 0.6) is 0 Å². The average Bonchev–Trinajstić information content (AvgIpc) is 3.25. The molecule has 1 saturated carbocycles. The maximum atomic E-state index is 12.6. The number of ether oxygens (including phenoxy) is 1. The first-order valence-electron chi connectivity index (χ1n) is 8.79. The summed E-state index contributed by atoms with van der Waals surface area (Å²) in [5.41, 5.74) is 1.12. The first-order chi connectivity index (χ1) is 11.8. The standard InChI is InChI=1S/C17H23N5O2/c23-17(20-13-6-9-24-10-7-13)14-11-18-22-8-5-15(21-16(14)22)19-12-3-1-2-4-12/h5,8,11-13H,1-4,6-7,9-10H2,(H,19,21)(H,20,23). The van der Waals surface area contributed by atoms with Crippen molar-refractivity contribution in [1.82, 2.24) is 19.9 Å². The third kappa shape index (κ3) is 3.21. The van der Waals surface area contributed by atoms with Gasteiger partial charge in [-0.05, 0) is 31.7 Å². The van der Waals surface area contributed by atoms with E-state index in [9.17, 15) is 4.79 Å². The van der Waals surface area contributed by atoms with Crippen LogP contribution in [0.15, 0.2) is 18.5 Å². The Hall–Kier alpha value is -2.15. The Kier molecular flexibility index (Phi) is 4.34. The van der Waals surface area contributed by atoms with Gasteiger partial charge in [-0.3, -0.25) is 4.79 Å². The third-order valence-corrected chi connectivity index (χ3v) is 4.88. The summed E-state index contributed by atoms with van der Waals surface area (Å²) in [7, 11) is 0. The number of amides is 1. The van der Waals surface area contributed by atoms with Crippen LogP contribution < -0.4 is 10.6 Å². The monoisotopic (exact) mass is 329 g/mol. The molecule has 0 bridgehead atoms. The molecule has 1 saturated heterocycles. The fourth-order valence-corrected chi connectivity index (χ4v) is 3.49. The zero-order chi connectivity index (χ0) is 16.4. The summed E-state index contributed by atoms with van der Waals surface area (Å²) >= 11 is 0. The molecular weight excluding hydrogens is 306 g/mol. The molecule has 0 spiro atoms. The summed E-state index contributed by atoms with van der Waals surface area (Å²) in [5, 5.41) is 10.8. The van der Waals surface area contributed by atoms with Gasteiger partial charge in [0.05, 0.1) is 6.20 Å². The molecule has 7 heteroatoms.